The SMILES string of the molecule is CCc1ccccc1N(CC(=O)N/N=C\c1ccc(OCC(=O)NCc2ccco2)cc1)S(C)(=O)=O. The van der Waals surface area contributed by atoms with Crippen molar-refractivity contribution in [2.75, 3.05) is 23.7 Å². The highest BCUT2D eigenvalue weighted by molar-refractivity contribution is 7.92. The van der Waals surface area contributed by atoms with Crippen molar-refractivity contribution in [1.82, 2.24) is 10.7 Å². The summed E-state index contributed by atoms with van der Waals surface area (Å²) in [6.45, 7) is 1.64. The summed E-state index contributed by atoms with van der Waals surface area (Å²) < 4.78 is 36.3. The number of rotatable bonds is 12. The van der Waals surface area contributed by atoms with Crippen LogP contribution in [0.25, 0.3) is 0 Å². The highest BCUT2D eigenvalue weighted by Gasteiger charge is 2.22. The van der Waals surface area contributed by atoms with Crippen LogP contribution in [0.15, 0.2) is 76.4 Å². The molecule has 10 nitrogen and oxygen atoms in total. The second kappa shape index (κ2) is 12.5. The molecule has 0 spiro atoms. The molecule has 0 atom stereocenters. The number of hydrogen-bond acceptors (Lipinski definition) is 7. The summed E-state index contributed by atoms with van der Waals surface area (Å²) in [6, 6.07) is 17.3. The number of amides is 2. The lowest BCUT2D eigenvalue weighted by Gasteiger charge is -2.23. The van der Waals surface area contributed by atoms with Crippen molar-refractivity contribution < 1.29 is 27.2 Å². The van der Waals surface area contributed by atoms with Gasteiger partial charge >= 0.3 is 0 Å². The van der Waals surface area contributed by atoms with Gasteiger partial charge in [-0.2, -0.15) is 5.10 Å². The Morgan fingerprint density at radius 3 is 2.47 bits per heavy atom. The van der Waals surface area contributed by atoms with Crippen LogP contribution in [0.3, 0.4) is 0 Å². The first-order chi connectivity index (χ1) is 17.3. The molecule has 36 heavy (non-hydrogen) atoms. The minimum absolute atomic E-state index is 0.151. The predicted molar refractivity (Wildman–Crippen MR) is 136 cm³/mol. The maximum absolute atomic E-state index is 12.4. The normalized spacial score (nSPS) is 11.3. The zero-order valence-electron chi connectivity index (χ0n) is 20.0. The number of carbonyl (C=O) groups excluding carboxylic acids is 2. The molecule has 0 fully saturated rings. The van der Waals surface area contributed by atoms with Gasteiger partial charge in [-0.05, 0) is 60.0 Å². The molecule has 0 unspecified atom stereocenters. The van der Waals surface area contributed by atoms with Crippen LogP contribution in [-0.2, 0) is 32.6 Å². The lowest BCUT2D eigenvalue weighted by molar-refractivity contribution is -0.123. The molecule has 0 aliphatic carbocycles. The third-order valence-electron chi connectivity index (χ3n) is 5.02. The van der Waals surface area contributed by atoms with E-state index in [9.17, 15) is 18.0 Å². The summed E-state index contributed by atoms with van der Waals surface area (Å²) in [5.74, 6) is 0.268. The molecule has 2 amide bonds. The summed E-state index contributed by atoms with van der Waals surface area (Å²) in [6.07, 6.45) is 4.63. The Kier molecular flexibility index (Phi) is 9.23. The topological polar surface area (TPSA) is 130 Å². The first-order valence-electron chi connectivity index (χ1n) is 11.2. The highest BCUT2D eigenvalue weighted by Crippen LogP contribution is 2.23. The largest absolute Gasteiger partial charge is 0.484 e. The van der Waals surface area contributed by atoms with Gasteiger partial charge in [0.15, 0.2) is 6.61 Å². The van der Waals surface area contributed by atoms with E-state index in [-0.39, 0.29) is 19.1 Å². The van der Waals surface area contributed by atoms with E-state index in [1.54, 1.807) is 48.5 Å². The average molecular weight is 513 g/mol. The second-order valence-corrected chi connectivity index (χ2v) is 9.67. The van der Waals surface area contributed by atoms with Gasteiger partial charge in [0, 0.05) is 0 Å². The molecule has 0 saturated heterocycles. The molecule has 3 rings (SSSR count). The van der Waals surface area contributed by atoms with Crippen molar-refractivity contribution >= 4 is 33.7 Å². The Morgan fingerprint density at radius 1 is 1.06 bits per heavy atom. The van der Waals surface area contributed by atoms with Gasteiger partial charge in [-0.3, -0.25) is 13.9 Å². The molecule has 0 radical (unpaired) electrons. The van der Waals surface area contributed by atoms with Crippen LogP contribution in [0.1, 0.15) is 23.8 Å². The molecule has 1 heterocycles. The van der Waals surface area contributed by atoms with E-state index in [4.69, 9.17) is 9.15 Å². The fourth-order valence-corrected chi connectivity index (χ4v) is 4.11. The fraction of sp³-hybridized carbons (Fsp3) is 0.240. The van der Waals surface area contributed by atoms with Gasteiger partial charge in [-0.15, -0.1) is 0 Å². The van der Waals surface area contributed by atoms with Crippen molar-refractivity contribution in [2.45, 2.75) is 19.9 Å². The first kappa shape index (κ1) is 26.5. The van der Waals surface area contributed by atoms with E-state index in [2.05, 4.69) is 15.8 Å². The van der Waals surface area contributed by atoms with Crippen LogP contribution >= 0.6 is 0 Å². The van der Waals surface area contributed by atoms with E-state index >= 15 is 0 Å². The van der Waals surface area contributed by atoms with E-state index < -0.39 is 22.5 Å². The molecule has 190 valence electrons. The minimum atomic E-state index is -3.68. The van der Waals surface area contributed by atoms with Crippen molar-refractivity contribution in [3.63, 3.8) is 0 Å². The van der Waals surface area contributed by atoms with Crippen LogP contribution in [0, 0.1) is 0 Å². The molecule has 2 N–H and O–H groups in total. The van der Waals surface area contributed by atoms with Crippen LogP contribution in [0.4, 0.5) is 5.69 Å². The lowest BCUT2D eigenvalue weighted by atomic mass is 10.1. The van der Waals surface area contributed by atoms with Gasteiger partial charge in [0.1, 0.15) is 18.1 Å². The van der Waals surface area contributed by atoms with Gasteiger partial charge in [0.2, 0.25) is 10.0 Å². The first-order valence-corrected chi connectivity index (χ1v) is 13.0. The van der Waals surface area contributed by atoms with E-state index in [1.807, 2.05) is 19.1 Å². The van der Waals surface area contributed by atoms with E-state index in [1.165, 1.54) is 12.5 Å². The molecular weight excluding hydrogens is 484 g/mol. The highest BCUT2D eigenvalue weighted by atomic mass is 32.2. The zero-order chi connectivity index (χ0) is 26.0. The number of hydrazone groups is 1. The molecule has 11 heteroatoms. The molecule has 1 aromatic heterocycles. The molecule has 2 aromatic carbocycles. The molecule has 0 bridgehead atoms. The van der Waals surface area contributed by atoms with Gasteiger partial charge in [0.05, 0.1) is 31.0 Å². The number of nitrogens with zero attached hydrogens (tertiary/aromatic N) is 2. The Labute approximate surface area is 210 Å². The maximum Gasteiger partial charge on any atom is 0.260 e. The summed E-state index contributed by atoms with van der Waals surface area (Å²) in [7, 11) is -3.68. The smallest absolute Gasteiger partial charge is 0.260 e. The number of aryl methyl sites for hydroxylation is 1. The average Bonchev–Trinajstić information content (AvgIpc) is 3.39. The minimum Gasteiger partial charge on any atom is -0.484 e. The standard InChI is InChI=1S/C25H28N4O6S/c1-3-20-7-4-5-9-23(20)29(36(2,32)33)17-24(30)28-27-15-19-10-12-21(13-11-19)35-18-25(31)26-16-22-8-6-14-34-22/h4-15H,3,16-18H2,1-2H3,(H,26,31)(H,28,30)/b27-15-. The number of carbonyl (C=O) groups is 2. The van der Waals surface area contributed by atoms with Crippen LogP contribution in [-0.4, -0.2) is 45.9 Å². The molecule has 0 saturated carbocycles. The maximum atomic E-state index is 12.4. The van der Waals surface area contributed by atoms with Crippen LogP contribution in [0.5, 0.6) is 5.75 Å². The van der Waals surface area contributed by atoms with Crippen molar-refractivity contribution in [3.05, 3.63) is 83.8 Å². The quantitative estimate of drug-likeness (QED) is 0.283. The zero-order valence-corrected chi connectivity index (χ0v) is 20.8. The van der Waals surface area contributed by atoms with Crippen LogP contribution in [0.2, 0.25) is 0 Å². The Morgan fingerprint density at radius 2 is 1.81 bits per heavy atom. The third-order valence-corrected chi connectivity index (χ3v) is 6.15. The van der Waals surface area contributed by atoms with Crippen molar-refractivity contribution in [1.29, 1.82) is 0 Å². The van der Waals surface area contributed by atoms with Gasteiger partial charge in [-0.25, -0.2) is 13.8 Å². The summed E-state index contributed by atoms with van der Waals surface area (Å²) in [5, 5.41) is 6.59. The molecular formula is C25H28N4O6S. The number of ether oxygens (including phenoxy) is 1. The number of para-hydroxylation sites is 1. The van der Waals surface area contributed by atoms with E-state index in [0.717, 1.165) is 16.1 Å². The van der Waals surface area contributed by atoms with Gasteiger partial charge < -0.3 is 14.5 Å². The van der Waals surface area contributed by atoms with E-state index in [0.29, 0.717) is 29.2 Å². The number of nitrogens with one attached hydrogen (secondary N) is 2. The van der Waals surface area contributed by atoms with Gasteiger partial charge in [0.25, 0.3) is 11.8 Å². The second-order valence-electron chi connectivity index (χ2n) is 7.76. The number of benzene rings is 2. The summed E-state index contributed by atoms with van der Waals surface area (Å²) >= 11 is 0. The Bertz CT molecular complexity index is 1290. The van der Waals surface area contributed by atoms with Crippen molar-refractivity contribution in [2.24, 2.45) is 5.10 Å². The molecule has 0 aliphatic rings. The Balaban J connectivity index is 1.49. The number of hydrogen-bond donors (Lipinski definition) is 2. The van der Waals surface area contributed by atoms with Gasteiger partial charge in [-0.1, -0.05) is 25.1 Å². The number of furan rings is 1. The lowest BCUT2D eigenvalue weighted by Crippen LogP contribution is -2.39. The number of sulfonamides is 1. The Hall–Kier alpha value is -4.12. The van der Waals surface area contributed by atoms with Crippen LogP contribution < -0.4 is 19.8 Å². The van der Waals surface area contributed by atoms with Crippen molar-refractivity contribution in [3.8, 4) is 5.75 Å². The predicted octanol–water partition coefficient (Wildman–Crippen LogP) is 2.45. The number of anilines is 1. The fourth-order valence-electron chi connectivity index (χ4n) is 3.23. The molecule has 3 aromatic rings. The summed E-state index contributed by atoms with van der Waals surface area (Å²) in [4.78, 5) is 24.3. The monoisotopic (exact) mass is 512 g/mol. The molecule has 0 aliphatic heterocycles. The summed E-state index contributed by atoms with van der Waals surface area (Å²) in [5.41, 5.74) is 4.30. The third kappa shape index (κ3) is 7.98.